The summed E-state index contributed by atoms with van der Waals surface area (Å²) < 4.78 is 45.9. The summed E-state index contributed by atoms with van der Waals surface area (Å²) in [5, 5.41) is 3.52. The molecule has 2 aliphatic heterocycles. The van der Waals surface area contributed by atoms with Gasteiger partial charge in [0.1, 0.15) is 11.9 Å². The molecule has 2 heterocycles. The van der Waals surface area contributed by atoms with Crippen molar-refractivity contribution in [2.24, 2.45) is 0 Å². The summed E-state index contributed by atoms with van der Waals surface area (Å²) in [5.41, 5.74) is 0.618. The summed E-state index contributed by atoms with van der Waals surface area (Å²) in [6, 6.07) is 14.0. The number of piperidine rings is 1. The number of hydrogen-bond acceptors (Lipinski definition) is 2. The van der Waals surface area contributed by atoms with Crippen LogP contribution in [0.4, 0.5) is 13.2 Å². The normalized spacial score (nSPS) is 25.8. The van der Waals surface area contributed by atoms with Gasteiger partial charge in [-0.3, -0.25) is 0 Å². The molecule has 2 fully saturated rings. The number of nitrogens with one attached hydrogen (secondary N) is 1. The number of benzene rings is 2. The lowest BCUT2D eigenvalue weighted by Gasteiger charge is -2.30. The van der Waals surface area contributed by atoms with Crippen LogP contribution < -0.4 is 10.1 Å². The maximum atomic E-state index is 13.3. The first kappa shape index (κ1) is 16.5. The first-order valence-electron chi connectivity index (χ1n) is 8.68. The zero-order chi connectivity index (χ0) is 17.4. The predicted molar refractivity (Wildman–Crippen MR) is 90.5 cm³/mol. The Balaban J connectivity index is 1.64. The predicted octanol–water partition coefficient (Wildman–Crippen LogP) is 5.03. The first-order valence-corrected chi connectivity index (χ1v) is 8.68. The fourth-order valence-electron chi connectivity index (χ4n) is 3.92. The number of alkyl halides is 3. The van der Waals surface area contributed by atoms with Gasteiger partial charge in [-0.2, -0.15) is 13.2 Å². The van der Waals surface area contributed by atoms with Crippen LogP contribution in [-0.4, -0.2) is 18.2 Å². The molecule has 132 valence electrons. The Morgan fingerprint density at radius 2 is 1.56 bits per heavy atom. The topological polar surface area (TPSA) is 21.3 Å². The fraction of sp³-hybridized carbons (Fsp3) is 0.400. The van der Waals surface area contributed by atoms with Crippen molar-refractivity contribution < 1.29 is 17.9 Å². The fourth-order valence-corrected chi connectivity index (χ4v) is 3.92. The molecule has 2 aliphatic rings. The minimum atomic E-state index is -4.39. The summed E-state index contributed by atoms with van der Waals surface area (Å²) >= 11 is 0. The van der Waals surface area contributed by atoms with Crippen molar-refractivity contribution in [3.63, 3.8) is 0 Å². The van der Waals surface area contributed by atoms with Crippen LogP contribution in [-0.2, 0) is 6.18 Å². The van der Waals surface area contributed by atoms with Crippen LogP contribution in [0.25, 0.3) is 11.1 Å². The summed E-state index contributed by atoms with van der Waals surface area (Å²) in [7, 11) is 0. The molecule has 1 N–H and O–H groups in total. The standard InChI is InChI=1S/C20H20F3NO/c21-20(22,23)15-8-14(13-4-2-1-3-5-13)9-18(10-15)25-19-11-16-6-7-17(12-19)24-16/h1-5,8-10,16-17,19,24H,6-7,11-12H2. The van der Waals surface area contributed by atoms with E-state index in [-0.39, 0.29) is 6.10 Å². The molecule has 2 saturated heterocycles. The van der Waals surface area contributed by atoms with Crippen molar-refractivity contribution in [1.82, 2.24) is 5.32 Å². The molecule has 2 unspecified atom stereocenters. The largest absolute Gasteiger partial charge is 0.490 e. The number of ether oxygens (including phenoxy) is 1. The number of hydrogen-bond donors (Lipinski definition) is 1. The minimum absolute atomic E-state index is 0.0224. The highest BCUT2D eigenvalue weighted by atomic mass is 19.4. The Bertz CT molecular complexity index is 732. The Hall–Kier alpha value is -2.01. The van der Waals surface area contributed by atoms with Crippen molar-refractivity contribution in [1.29, 1.82) is 0 Å². The molecule has 0 aliphatic carbocycles. The van der Waals surface area contributed by atoms with Gasteiger partial charge in [0.15, 0.2) is 0 Å². The van der Waals surface area contributed by atoms with E-state index in [4.69, 9.17) is 4.74 Å². The molecule has 0 saturated carbocycles. The zero-order valence-corrected chi connectivity index (χ0v) is 13.7. The van der Waals surface area contributed by atoms with E-state index in [0.717, 1.165) is 37.3 Å². The quantitative estimate of drug-likeness (QED) is 0.840. The molecular weight excluding hydrogens is 327 g/mol. The van der Waals surface area contributed by atoms with E-state index >= 15 is 0 Å². The van der Waals surface area contributed by atoms with Crippen LogP contribution in [0, 0.1) is 0 Å². The van der Waals surface area contributed by atoms with E-state index in [2.05, 4.69) is 5.32 Å². The van der Waals surface area contributed by atoms with E-state index < -0.39 is 11.7 Å². The second kappa shape index (κ2) is 6.37. The maximum absolute atomic E-state index is 13.3. The van der Waals surface area contributed by atoms with Gasteiger partial charge in [-0.1, -0.05) is 30.3 Å². The third-order valence-corrected chi connectivity index (χ3v) is 5.07. The van der Waals surface area contributed by atoms with Gasteiger partial charge in [0.25, 0.3) is 0 Å². The van der Waals surface area contributed by atoms with Gasteiger partial charge in [-0.15, -0.1) is 0 Å². The first-order chi connectivity index (χ1) is 12.0. The molecular formula is C20H20F3NO. The molecule has 0 aromatic heterocycles. The van der Waals surface area contributed by atoms with E-state index in [9.17, 15) is 13.2 Å². The zero-order valence-electron chi connectivity index (χ0n) is 13.7. The van der Waals surface area contributed by atoms with Crippen LogP contribution in [0.3, 0.4) is 0 Å². The van der Waals surface area contributed by atoms with Crippen molar-refractivity contribution in [3.8, 4) is 16.9 Å². The van der Waals surface area contributed by atoms with E-state index in [1.807, 2.05) is 30.3 Å². The molecule has 0 radical (unpaired) electrons. The Morgan fingerprint density at radius 1 is 0.880 bits per heavy atom. The van der Waals surface area contributed by atoms with Gasteiger partial charge >= 0.3 is 6.18 Å². The average Bonchev–Trinajstić information content (AvgIpc) is 2.93. The molecule has 2 bridgehead atoms. The average molecular weight is 347 g/mol. The third-order valence-electron chi connectivity index (χ3n) is 5.07. The Morgan fingerprint density at radius 3 is 2.20 bits per heavy atom. The smallest absolute Gasteiger partial charge is 0.416 e. The Kier molecular flexibility index (Phi) is 4.20. The highest BCUT2D eigenvalue weighted by Gasteiger charge is 2.35. The minimum Gasteiger partial charge on any atom is -0.490 e. The third kappa shape index (κ3) is 3.66. The second-order valence-corrected chi connectivity index (χ2v) is 6.96. The second-order valence-electron chi connectivity index (χ2n) is 6.96. The van der Waals surface area contributed by atoms with E-state index in [1.165, 1.54) is 6.07 Å². The van der Waals surface area contributed by atoms with Crippen LogP contribution in [0.15, 0.2) is 48.5 Å². The van der Waals surface area contributed by atoms with Crippen LogP contribution in [0.5, 0.6) is 5.75 Å². The van der Waals surface area contributed by atoms with Gasteiger partial charge in [0.2, 0.25) is 0 Å². The van der Waals surface area contributed by atoms with Gasteiger partial charge in [0, 0.05) is 12.1 Å². The summed E-state index contributed by atoms with van der Waals surface area (Å²) in [6.07, 6.45) is -0.451. The highest BCUT2D eigenvalue weighted by Crippen LogP contribution is 2.37. The monoisotopic (exact) mass is 347 g/mol. The molecule has 0 spiro atoms. The van der Waals surface area contributed by atoms with E-state index in [0.29, 0.717) is 23.4 Å². The summed E-state index contributed by atoms with van der Waals surface area (Å²) in [4.78, 5) is 0. The van der Waals surface area contributed by atoms with Crippen LogP contribution >= 0.6 is 0 Å². The number of fused-ring (bicyclic) bond motifs is 2. The molecule has 2 aromatic rings. The molecule has 5 heteroatoms. The lowest BCUT2D eigenvalue weighted by atomic mass is 10.0. The highest BCUT2D eigenvalue weighted by molar-refractivity contribution is 5.66. The summed E-state index contributed by atoms with van der Waals surface area (Å²) in [6.45, 7) is 0. The lowest BCUT2D eigenvalue weighted by molar-refractivity contribution is -0.137. The Labute approximate surface area is 145 Å². The SMILES string of the molecule is FC(F)(F)c1cc(OC2CC3CCC(C2)N3)cc(-c2ccccc2)c1. The molecule has 2 nitrogen and oxygen atoms in total. The molecule has 25 heavy (non-hydrogen) atoms. The number of halogens is 3. The van der Waals surface area contributed by atoms with Crippen molar-refractivity contribution in [2.45, 2.75) is 50.0 Å². The molecule has 0 amide bonds. The molecule has 4 rings (SSSR count). The van der Waals surface area contributed by atoms with Gasteiger partial charge < -0.3 is 10.1 Å². The maximum Gasteiger partial charge on any atom is 0.416 e. The molecule has 2 aromatic carbocycles. The van der Waals surface area contributed by atoms with Gasteiger partial charge in [0.05, 0.1) is 5.56 Å². The lowest BCUT2D eigenvalue weighted by Crippen LogP contribution is -2.42. The van der Waals surface area contributed by atoms with E-state index in [1.54, 1.807) is 6.07 Å². The van der Waals surface area contributed by atoms with Crippen molar-refractivity contribution >= 4 is 0 Å². The van der Waals surface area contributed by atoms with Crippen LogP contribution in [0.1, 0.15) is 31.2 Å². The van der Waals surface area contributed by atoms with Crippen molar-refractivity contribution in [3.05, 3.63) is 54.1 Å². The van der Waals surface area contributed by atoms with Gasteiger partial charge in [-0.05, 0) is 55.0 Å². The summed E-state index contributed by atoms with van der Waals surface area (Å²) in [5.74, 6) is 0.306. The van der Waals surface area contributed by atoms with Crippen molar-refractivity contribution in [2.75, 3.05) is 0 Å². The van der Waals surface area contributed by atoms with Gasteiger partial charge in [-0.25, -0.2) is 0 Å². The van der Waals surface area contributed by atoms with Crippen LogP contribution in [0.2, 0.25) is 0 Å². The molecule has 2 atom stereocenters. The number of rotatable bonds is 3.